The smallest absolute Gasteiger partial charge is 0.226 e. The zero-order chi connectivity index (χ0) is 15.3. The van der Waals surface area contributed by atoms with Crippen LogP contribution < -0.4 is 5.73 Å². The van der Waals surface area contributed by atoms with Crippen molar-refractivity contribution >= 4 is 16.7 Å². The van der Waals surface area contributed by atoms with Gasteiger partial charge in [-0.05, 0) is 41.5 Å². The van der Waals surface area contributed by atoms with E-state index in [1.54, 1.807) is 0 Å². The van der Waals surface area contributed by atoms with Crippen LogP contribution in [0.5, 0.6) is 0 Å². The first-order valence-corrected chi connectivity index (χ1v) is 8.14. The molecule has 0 bridgehead atoms. The third-order valence-corrected chi connectivity index (χ3v) is 5.35. The van der Waals surface area contributed by atoms with Crippen molar-refractivity contribution < 1.29 is 4.79 Å². The standard InChI is InChI=1S/C19H22N2O/c1-21(16-9-15(20)10-16)19(22)18-11-17(18)14-7-6-12-4-2-3-5-13(12)8-14/h2-8,15-18H,9-11,20H2,1H3/t15?,16?,17-,18+/m0/s1. The molecule has 2 aliphatic carbocycles. The highest BCUT2D eigenvalue weighted by molar-refractivity contribution is 5.86. The van der Waals surface area contributed by atoms with Crippen LogP contribution in [0.2, 0.25) is 0 Å². The monoisotopic (exact) mass is 294 g/mol. The van der Waals surface area contributed by atoms with E-state index in [-0.39, 0.29) is 12.0 Å². The Bertz CT molecular complexity index is 720. The average molecular weight is 294 g/mol. The van der Waals surface area contributed by atoms with E-state index in [9.17, 15) is 4.79 Å². The highest BCUT2D eigenvalue weighted by Gasteiger charge is 2.47. The molecule has 2 saturated carbocycles. The van der Waals surface area contributed by atoms with Crippen molar-refractivity contribution in [1.82, 2.24) is 4.90 Å². The predicted octanol–water partition coefficient (Wildman–Crippen LogP) is 2.89. The quantitative estimate of drug-likeness (QED) is 0.946. The van der Waals surface area contributed by atoms with Crippen LogP contribution in [0.25, 0.3) is 10.8 Å². The van der Waals surface area contributed by atoms with Crippen molar-refractivity contribution in [2.24, 2.45) is 11.7 Å². The maximum atomic E-state index is 12.6. The summed E-state index contributed by atoms with van der Waals surface area (Å²) in [5, 5.41) is 2.52. The first-order valence-electron chi connectivity index (χ1n) is 8.14. The predicted molar refractivity (Wildman–Crippen MR) is 88.6 cm³/mol. The molecule has 4 rings (SSSR count). The summed E-state index contributed by atoms with van der Waals surface area (Å²) in [4.78, 5) is 14.5. The molecule has 0 aromatic heterocycles. The van der Waals surface area contributed by atoms with Gasteiger partial charge < -0.3 is 10.6 Å². The molecule has 2 atom stereocenters. The number of nitrogens with two attached hydrogens (primary N) is 1. The Morgan fingerprint density at radius 2 is 1.82 bits per heavy atom. The molecule has 0 unspecified atom stereocenters. The van der Waals surface area contributed by atoms with Gasteiger partial charge in [0.15, 0.2) is 0 Å². The number of fused-ring (bicyclic) bond motifs is 1. The Hall–Kier alpha value is -1.87. The first kappa shape index (κ1) is 13.8. The fraction of sp³-hybridized carbons (Fsp3) is 0.421. The molecule has 1 amide bonds. The summed E-state index contributed by atoms with van der Waals surface area (Å²) < 4.78 is 0. The van der Waals surface area contributed by atoms with E-state index in [4.69, 9.17) is 5.73 Å². The molecular weight excluding hydrogens is 272 g/mol. The van der Waals surface area contributed by atoms with Gasteiger partial charge in [0.2, 0.25) is 5.91 Å². The zero-order valence-electron chi connectivity index (χ0n) is 12.9. The van der Waals surface area contributed by atoms with Crippen LogP contribution in [0.4, 0.5) is 0 Å². The Labute approximate surface area is 131 Å². The minimum atomic E-state index is 0.169. The summed E-state index contributed by atoms with van der Waals surface area (Å²) in [5.74, 6) is 0.867. The second-order valence-electron chi connectivity index (χ2n) is 6.89. The Balaban J connectivity index is 1.47. The summed E-state index contributed by atoms with van der Waals surface area (Å²) >= 11 is 0. The van der Waals surface area contributed by atoms with E-state index < -0.39 is 0 Å². The molecule has 2 fully saturated rings. The Kier molecular flexibility index (Phi) is 3.19. The molecule has 0 radical (unpaired) electrons. The minimum Gasteiger partial charge on any atom is -0.342 e. The highest BCUT2D eigenvalue weighted by Crippen LogP contribution is 2.49. The third kappa shape index (κ3) is 2.30. The molecule has 114 valence electrons. The molecule has 3 heteroatoms. The van der Waals surface area contributed by atoms with Gasteiger partial charge in [-0.25, -0.2) is 0 Å². The van der Waals surface area contributed by atoms with Crippen molar-refractivity contribution in [3.63, 3.8) is 0 Å². The lowest BCUT2D eigenvalue weighted by atomic mass is 9.86. The van der Waals surface area contributed by atoms with Crippen LogP contribution in [0, 0.1) is 5.92 Å². The Morgan fingerprint density at radius 1 is 1.09 bits per heavy atom. The highest BCUT2D eigenvalue weighted by atomic mass is 16.2. The van der Waals surface area contributed by atoms with Crippen molar-refractivity contribution in [2.45, 2.75) is 37.3 Å². The van der Waals surface area contributed by atoms with Crippen LogP contribution >= 0.6 is 0 Å². The van der Waals surface area contributed by atoms with Crippen molar-refractivity contribution in [3.8, 4) is 0 Å². The molecule has 22 heavy (non-hydrogen) atoms. The van der Waals surface area contributed by atoms with Crippen LogP contribution in [-0.2, 0) is 4.79 Å². The van der Waals surface area contributed by atoms with Crippen molar-refractivity contribution in [3.05, 3.63) is 48.0 Å². The van der Waals surface area contributed by atoms with Crippen LogP contribution in [0.1, 0.15) is 30.7 Å². The molecule has 2 aromatic carbocycles. The van der Waals surface area contributed by atoms with E-state index in [1.807, 2.05) is 11.9 Å². The second kappa shape index (κ2) is 5.10. The number of benzene rings is 2. The van der Waals surface area contributed by atoms with Crippen molar-refractivity contribution in [2.75, 3.05) is 7.05 Å². The van der Waals surface area contributed by atoms with Gasteiger partial charge in [-0.2, -0.15) is 0 Å². The van der Waals surface area contributed by atoms with Crippen LogP contribution in [0.3, 0.4) is 0 Å². The van der Waals surface area contributed by atoms with Gasteiger partial charge in [0.05, 0.1) is 0 Å². The van der Waals surface area contributed by atoms with E-state index in [2.05, 4.69) is 42.5 Å². The summed E-state index contributed by atoms with van der Waals surface area (Å²) in [7, 11) is 1.94. The van der Waals surface area contributed by atoms with Gasteiger partial charge in [-0.15, -0.1) is 0 Å². The second-order valence-corrected chi connectivity index (χ2v) is 6.89. The van der Waals surface area contributed by atoms with Gasteiger partial charge >= 0.3 is 0 Å². The summed E-state index contributed by atoms with van der Waals surface area (Å²) in [5.41, 5.74) is 7.13. The van der Waals surface area contributed by atoms with E-state index in [0.29, 0.717) is 17.9 Å². The number of carbonyl (C=O) groups excluding carboxylic acids is 1. The molecule has 2 aliphatic rings. The molecule has 0 saturated heterocycles. The molecular formula is C19H22N2O. The van der Waals surface area contributed by atoms with Crippen molar-refractivity contribution in [1.29, 1.82) is 0 Å². The Morgan fingerprint density at radius 3 is 2.55 bits per heavy atom. The molecule has 0 heterocycles. The van der Waals surface area contributed by atoms with Gasteiger partial charge in [-0.3, -0.25) is 4.79 Å². The normalized spacial score (nSPS) is 29.9. The van der Waals surface area contributed by atoms with E-state index in [0.717, 1.165) is 19.3 Å². The molecule has 2 N–H and O–H groups in total. The lowest BCUT2D eigenvalue weighted by Crippen LogP contribution is -2.51. The lowest BCUT2D eigenvalue weighted by molar-refractivity contribution is -0.135. The van der Waals surface area contributed by atoms with E-state index >= 15 is 0 Å². The maximum Gasteiger partial charge on any atom is 0.226 e. The van der Waals surface area contributed by atoms with Crippen LogP contribution in [0.15, 0.2) is 42.5 Å². The number of hydrogen-bond donors (Lipinski definition) is 1. The van der Waals surface area contributed by atoms with Crippen LogP contribution in [-0.4, -0.2) is 29.9 Å². The number of carbonyl (C=O) groups is 1. The average Bonchev–Trinajstić information content (AvgIpc) is 3.30. The van der Waals surface area contributed by atoms with Gasteiger partial charge in [0.25, 0.3) is 0 Å². The largest absolute Gasteiger partial charge is 0.342 e. The lowest BCUT2D eigenvalue weighted by Gasteiger charge is -2.39. The molecule has 0 aliphatic heterocycles. The maximum absolute atomic E-state index is 12.6. The first-order chi connectivity index (χ1) is 10.6. The number of nitrogens with zero attached hydrogens (tertiary/aromatic N) is 1. The molecule has 2 aromatic rings. The third-order valence-electron chi connectivity index (χ3n) is 5.35. The van der Waals surface area contributed by atoms with Gasteiger partial charge in [0.1, 0.15) is 0 Å². The van der Waals surface area contributed by atoms with Gasteiger partial charge in [-0.1, -0.05) is 42.5 Å². The summed E-state index contributed by atoms with van der Waals surface area (Å²) in [6.45, 7) is 0. The minimum absolute atomic E-state index is 0.169. The number of rotatable bonds is 3. The summed E-state index contributed by atoms with van der Waals surface area (Å²) in [6, 6.07) is 15.6. The number of hydrogen-bond acceptors (Lipinski definition) is 2. The SMILES string of the molecule is CN(C(=O)[C@@H]1C[C@H]1c1ccc2ccccc2c1)C1CC(N)C1. The summed E-state index contributed by atoms with van der Waals surface area (Å²) in [6.07, 6.45) is 2.89. The fourth-order valence-electron chi connectivity index (χ4n) is 3.66. The fourth-order valence-corrected chi connectivity index (χ4v) is 3.66. The topological polar surface area (TPSA) is 46.3 Å². The van der Waals surface area contributed by atoms with E-state index in [1.165, 1.54) is 16.3 Å². The van der Waals surface area contributed by atoms with Gasteiger partial charge in [0, 0.05) is 25.0 Å². The number of amides is 1. The molecule has 3 nitrogen and oxygen atoms in total. The zero-order valence-corrected chi connectivity index (χ0v) is 12.9. The molecule has 0 spiro atoms.